The highest BCUT2D eigenvalue weighted by molar-refractivity contribution is 7.90. The molecule has 0 radical (unpaired) electrons. The summed E-state index contributed by atoms with van der Waals surface area (Å²) in [6, 6.07) is 23.3. The Morgan fingerprint density at radius 3 is 2.49 bits per heavy atom. The van der Waals surface area contributed by atoms with Crippen LogP contribution in [-0.4, -0.2) is 132 Å². The molecule has 400 valence electrons. The fourth-order valence-electron chi connectivity index (χ4n) is 12.1. The molecule has 1 aliphatic carbocycles. The van der Waals surface area contributed by atoms with Crippen LogP contribution in [0.15, 0.2) is 83.9 Å². The van der Waals surface area contributed by atoms with Crippen LogP contribution in [0.3, 0.4) is 0 Å². The van der Waals surface area contributed by atoms with Crippen molar-refractivity contribution in [1.29, 1.82) is 0 Å². The number of aromatic nitrogens is 2. The molecule has 1 amide bonds. The van der Waals surface area contributed by atoms with Gasteiger partial charge in [0.15, 0.2) is 0 Å². The fraction of sp³-hybridized carbons (Fsp3) is 0.527. The number of piperidine rings is 1. The lowest BCUT2D eigenvalue weighted by Crippen LogP contribution is -2.58. The van der Waals surface area contributed by atoms with Gasteiger partial charge in [-0.15, -0.1) is 0 Å². The summed E-state index contributed by atoms with van der Waals surface area (Å²) < 4.78 is 63.0. The van der Waals surface area contributed by atoms with E-state index >= 15 is 0 Å². The Morgan fingerprint density at radius 2 is 1.72 bits per heavy atom. The highest BCUT2D eigenvalue weighted by Crippen LogP contribution is 2.54. The van der Waals surface area contributed by atoms with Gasteiger partial charge in [0.25, 0.3) is 21.6 Å². The zero-order valence-corrected chi connectivity index (χ0v) is 45.3. The fourth-order valence-corrected chi connectivity index (χ4v) is 13.9. The summed E-state index contributed by atoms with van der Waals surface area (Å²) in [5, 5.41) is 16.4. The number of anilines is 4. The number of hydrogen-bond acceptors (Lipinski definition) is 15. The van der Waals surface area contributed by atoms with E-state index in [4.69, 9.17) is 28.7 Å². The lowest BCUT2D eigenvalue weighted by atomic mass is 9.59. The van der Waals surface area contributed by atoms with Crippen molar-refractivity contribution in [3.8, 4) is 5.88 Å². The van der Waals surface area contributed by atoms with Gasteiger partial charge in [0.1, 0.15) is 29.9 Å². The Kier molecular flexibility index (Phi) is 14.5. The van der Waals surface area contributed by atoms with Crippen molar-refractivity contribution in [2.24, 2.45) is 11.3 Å². The van der Waals surface area contributed by atoms with Crippen LogP contribution in [0.5, 0.6) is 5.88 Å². The largest absolute Gasteiger partial charge is 0.468 e. The zero-order valence-electron chi connectivity index (χ0n) is 43.5. The smallest absolute Gasteiger partial charge is 0.293 e. The molecule has 1 saturated carbocycles. The number of carbonyl (C=O) groups excluding carboxylic acids is 1. The number of morpholine rings is 1. The molecule has 5 fully saturated rings. The molecule has 11 rings (SSSR count). The highest BCUT2D eigenvalue weighted by atomic mass is 32.2. The van der Waals surface area contributed by atoms with E-state index in [1.807, 2.05) is 39.9 Å². The Labute approximate surface area is 440 Å². The van der Waals surface area contributed by atoms with E-state index < -0.39 is 45.6 Å². The molecular weight excluding hydrogens is 993 g/mol. The first kappa shape index (κ1) is 51.5. The standard InChI is InChI=1S/C55H70N8O10SSi/c1-37-7-5-6-8-43(37)49-33-70-24-21-61(49)41-30-55(31-41)16-19-59(20-17-55)40-9-11-44(53(64)58-74(67,68)42-10-12-45(47(29-42)63(65)66)56-32-38-14-22-69-23-15-38)46(28-40)62-48-27-39-13-18-60(36-71-25-26-75(2,3)4)52(39)57-54(48)73-51-35-72-34-50(51)62/h5-13,18,27-29,38,41,49-51,56H,14-17,19-26,30-36H2,1-4H3,(H,58,64)/t49-,50+,51+/m0/s1. The molecule has 18 nitrogen and oxygen atoms in total. The molecule has 6 aliphatic rings. The highest BCUT2D eigenvalue weighted by Gasteiger charge is 2.50. The van der Waals surface area contributed by atoms with Gasteiger partial charge in [-0.3, -0.25) is 19.8 Å². The molecule has 0 unspecified atom stereocenters. The monoisotopic (exact) mass is 1060 g/mol. The Balaban J connectivity index is 0.884. The lowest BCUT2D eigenvalue weighted by molar-refractivity contribution is -0.384. The van der Waals surface area contributed by atoms with E-state index in [9.17, 15) is 23.3 Å². The second kappa shape index (κ2) is 21.1. The van der Waals surface area contributed by atoms with Crippen LogP contribution < -0.4 is 24.6 Å². The van der Waals surface area contributed by atoms with E-state index in [-0.39, 0.29) is 41.3 Å². The number of rotatable bonds is 16. The summed E-state index contributed by atoms with van der Waals surface area (Å²) in [6.07, 6.45) is 7.47. The van der Waals surface area contributed by atoms with Crippen molar-refractivity contribution < 1.29 is 41.8 Å². The average molecular weight is 1060 g/mol. The first-order valence-corrected chi connectivity index (χ1v) is 31.9. The maximum atomic E-state index is 14.8. The van der Waals surface area contributed by atoms with E-state index in [0.717, 1.165) is 88.0 Å². The summed E-state index contributed by atoms with van der Waals surface area (Å²) in [7, 11) is -5.92. The normalized spacial score (nSPS) is 22.4. The van der Waals surface area contributed by atoms with Gasteiger partial charge in [-0.25, -0.2) is 13.1 Å². The Morgan fingerprint density at radius 1 is 0.920 bits per heavy atom. The summed E-state index contributed by atoms with van der Waals surface area (Å²) in [5.74, 6) is -0.257. The van der Waals surface area contributed by atoms with Gasteiger partial charge in [0, 0.05) is 83.5 Å². The number of nitro groups is 1. The first-order chi connectivity index (χ1) is 36.1. The number of amides is 1. The topological polar surface area (TPSA) is 192 Å². The number of fused-ring (bicyclic) bond motifs is 3. The van der Waals surface area contributed by atoms with Crippen LogP contribution in [0.2, 0.25) is 25.7 Å². The number of hydrogen-bond donors (Lipinski definition) is 2. The van der Waals surface area contributed by atoms with Crippen LogP contribution in [0.25, 0.3) is 11.0 Å². The second-order valence-electron chi connectivity index (χ2n) is 22.7. The van der Waals surface area contributed by atoms with E-state index in [0.29, 0.717) is 75.3 Å². The number of carbonyl (C=O) groups is 1. The summed E-state index contributed by atoms with van der Waals surface area (Å²) in [4.78, 5) is 38.3. The van der Waals surface area contributed by atoms with Gasteiger partial charge in [-0.2, -0.15) is 4.98 Å². The predicted molar refractivity (Wildman–Crippen MR) is 290 cm³/mol. The molecule has 2 N–H and O–H groups in total. The van der Waals surface area contributed by atoms with Crippen LogP contribution in [0.1, 0.15) is 66.1 Å². The third-order valence-corrected chi connectivity index (χ3v) is 19.6. The molecule has 5 aliphatic heterocycles. The lowest BCUT2D eigenvalue weighted by Gasteiger charge is -2.57. The third kappa shape index (κ3) is 10.8. The zero-order chi connectivity index (χ0) is 52.1. The van der Waals surface area contributed by atoms with Crippen molar-refractivity contribution in [3.63, 3.8) is 0 Å². The van der Waals surface area contributed by atoms with Gasteiger partial charge < -0.3 is 43.4 Å². The average Bonchev–Trinajstić information content (AvgIpc) is 4.04. The van der Waals surface area contributed by atoms with Gasteiger partial charge in [-0.1, -0.05) is 43.9 Å². The summed E-state index contributed by atoms with van der Waals surface area (Å²) in [6.45, 7) is 16.5. The quantitative estimate of drug-likeness (QED) is 0.0413. The summed E-state index contributed by atoms with van der Waals surface area (Å²) >= 11 is 0. The van der Waals surface area contributed by atoms with Crippen LogP contribution in [0, 0.1) is 28.4 Å². The molecule has 2 aromatic heterocycles. The number of sulfonamides is 1. The summed E-state index contributed by atoms with van der Waals surface area (Å²) in [5.41, 5.74) is 5.46. The molecule has 5 aromatic rings. The molecule has 7 heterocycles. The molecule has 75 heavy (non-hydrogen) atoms. The molecule has 4 saturated heterocycles. The number of pyridine rings is 1. The Bertz CT molecular complexity index is 3040. The minimum Gasteiger partial charge on any atom is -0.468 e. The maximum absolute atomic E-state index is 14.8. The van der Waals surface area contributed by atoms with E-state index in [1.54, 1.807) is 6.07 Å². The van der Waals surface area contributed by atoms with Crippen molar-refractivity contribution >= 4 is 63.5 Å². The van der Waals surface area contributed by atoms with Gasteiger partial charge in [0.2, 0.25) is 5.88 Å². The van der Waals surface area contributed by atoms with Gasteiger partial charge >= 0.3 is 0 Å². The SMILES string of the molecule is Cc1ccccc1[C@@H]1COCCN1C1CC2(CCN(c3ccc(C(=O)NS(=O)(=O)c4ccc(NCC5CCOCC5)c([N+](=O)[O-])c4)c(N4c5cc6ccn(COCC[Si](C)(C)C)c6nc5O[C@@H]5COC[C@H]54)c3)CC2)C1. The number of nitro benzene ring substituents is 1. The number of ether oxygens (including phenoxy) is 5. The Hall–Kier alpha value is -5.61. The molecule has 3 aromatic carbocycles. The van der Waals surface area contributed by atoms with Crippen molar-refractivity contribution in [3.05, 3.63) is 106 Å². The maximum Gasteiger partial charge on any atom is 0.293 e. The van der Waals surface area contributed by atoms with Gasteiger partial charge in [-0.05, 0) is 116 Å². The van der Waals surface area contributed by atoms with E-state index in [2.05, 4.69) is 70.7 Å². The number of aryl methyl sites for hydroxylation is 1. The van der Waals surface area contributed by atoms with Crippen LogP contribution in [0.4, 0.5) is 28.4 Å². The van der Waals surface area contributed by atoms with Crippen molar-refractivity contribution in [2.75, 3.05) is 87.5 Å². The predicted octanol–water partition coefficient (Wildman–Crippen LogP) is 8.64. The number of benzene rings is 3. The number of nitrogens with zero attached hydrogens (tertiary/aromatic N) is 6. The first-order valence-electron chi connectivity index (χ1n) is 26.7. The van der Waals surface area contributed by atoms with Crippen LogP contribution in [-0.2, 0) is 35.7 Å². The molecule has 20 heteroatoms. The van der Waals surface area contributed by atoms with Crippen LogP contribution >= 0.6 is 0 Å². The van der Waals surface area contributed by atoms with Crippen molar-refractivity contribution in [1.82, 2.24) is 19.2 Å². The van der Waals surface area contributed by atoms with Gasteiger partial charge in [0.05, 0.1) is 59.6 Å². The minimum absolute atomic E-state index is 0.0996. The van der Waals surface area contributed by atoms with Crippen molar-refractivity contribution in [2.45, 2.75) is 107 Å². The number of nitrogens with one attached hydrogen (secondary N) is 2. The second-order valence-corrected chi connectivity index (χ2v) is 30.0. The molecular formula is C55H70N8O10SSi. The molecule has 1 spiro atoms. The minimum atomic E-state index is -4.62. The third-order valence-electron chi connectivity index (χ3n) is 16.6. The molecule has 3 atom stereocenters. The molecule has 0 bridgehead atoms. The van der Waals surface area contributed by atoms with E-state index in [1.165, 1.54) is 23.3 Å².